The second kappa shape index (κ2) is 8.11. The van der Waals surface area contributed by atoms with Gasteiger partial charge in [0.15, 0.2) is 5.69 Å². The third kappa shape index (κ3) is 4.84. The Morgan fingerprint density at radius 1 is 1.10 bits per heavy atom. The number of rotatable bonds is 4. The number of aromatic nitrogens is 2. The van der Waals surface area contributed by atoms with Crippen LogP contribution >= 0.6 is 11.6 Å². The van der Waals surface area contributed by atoms with Gasteiger partial charge >= 0.3 is 0 Å². The maximum absolute atomic E-state index is 13.2. The summed E-state index contributed by atoms with van der Waals surface area (Å²) in [6.45, 7) is 10.8. The number of carbonyl (C=O) groups excluding carboxylic acids is 1. The Hall–Kier alpha value is -1.85. The molecule has 2 aromatic rings. The number of hydrogen-bond acceptors (Lipinski definition) is 3. The smallest absolute Gasteiger partial charge is 0.274 e. The van der Waals surface area contributed by atoms with Gasteiger partial charge < -0.3 is 4.90 Å². The average molecular weight is 415 g/mol. The molecule has 29 heavy (non-hydrogen) atoms. The minimum atomic E-state index is -0.107. The lowest BCUT2D eigenvalue weighted by Crippen LogP contribution is -2.35. The Kier molecular flexibility index (Phi) is 5.71. The van der Waals surface area contributed by atoms with Crippen LogP contribution in [0, 0.1) is 0 Å². The second-order valence-electron chi connectivity index (χ2n) is 9.36. The van der Waals surface area contributed by atoms with Crippen molar-refractivity contribution < 1.29 is 4.79 Å². The van der Waals surface area contributed by atoms with E-state index in [0.717, 1.165) is 44.2 Å². The summed E-state index contributed by atoms with van der Waals surface area (Å²) >= 11 is 5.99. The van der Waals surface area contributed by atoms with Gasteiger partial charge in [-0.1, -0.05) is 23.7 Å². The quantitative estimate of drug-likeness (QED) is 0.738. The van der Waals surface area contributed by atoms with Gasteiger partial charge in [0.05, 0.1) is 5.54 Å². The second-order valence-corrected chi connectivity index (χ2v) is 9.80. The highest BCUT2D eigenvalue weighted by Crippen LogP contribution is 2.41. The number of carbonyl (C=O) groups is 1. The van der Waals surface area contributed by atoms with Gasteiger partial charge in [-0.05, 0) is 63.8 Å². The Bertz CT molecular complexity index is 864. The molecule has 1 saturated carbocycles. The highest BCUT2D eigenvalue weighted by Gasteiger charge is 2.33. The number of halogens is 1. The molecule has 1 aromatic carbocycles. The van der Waals surface area contributed by atoms with E-state index in [0.29, 0.717) is 11.6 Å². The van der Waals surface area contributed by atoms with Crippen LogP contribution in [0.2, 0.25) is 5.02 Å². The minimum absolute atomic E-state index is 0.0724. The Balaban J connectivity index is 1.43. The van der Waals surface area contributed by atoms with Crippen LogP contribution in [0.15, 0.2) is 30.3 Å². The van der Waals surface area contributed by atoms with Crippen LogP contribution in [0.4, 0.5) is 0 Å². The molecular formula is C23H31ClN4O. The van der Waals surface area contributed by atoms with Crippen molar-refractivity contribution in [2.24, 2.45) is 0 Å². The zero-order chi connectivity index (χ0) is 20.6. The summed E-state index contributed by atoms with van der Waals surface area (Å²) in [7, 11) is 0. The minimum Gasteiger partial charge on any atom is -0.336 e. The third-order valence-electron chi connectivity index (χ3n) is 5.78. The van der Waals surface area contributed by atoms with E-state index in [4.69, 9.17) is 16.7 Å². The van der Waals surface area contributed by atoms with Crippen molar-refractivity contribution >= 4 is 17.5 Å². The van der Waals surface area contributed by atoms with Gasteiger partial charge in [0.2, 0.25) is 0 Å². The lowest BCUT2D eigenvalue weighted by Gasteiger charge is -2.23. The number of benzene rings is 1. The Labute approximate surface area is 178 Å². The fourth-order valence-corrected chi connectivity index (χ4v) is 4.18. The molecule has 1 amide bonds. The SMILES string of the molecule is CC(C)(C)n1nc(C(=O)N2CCCN(Cc3ccc(Cl)cc3)CC2)cc1C1CC1. The van der Waals surface area contributed by atoms with E-state index in [1.54, 1.807) is 0 Å². The van der Waals surface area contributed by atoms with E-state index >= 15 is 0 Å². The summed E-state index contributed by atoms with van der Waals surface area (Å²) in [5, 5.41) is 5.51. The Morgan fingerprint density at radius 2 is 1.83 bits per heavy atom. The van der Waals surface area contributed by atoms with E-state index in [2.05, 4.69) is 42.5 Å². The molecule has 1 aromatic heterocycles. The van der Waals surface area contributed by atoms with Crippen LogP contribution in [-0.4, -0.2) is 51.7 Å². The van der Waals surface area contributed by atoms with Crippen molar-refractivity contribution in [2.75, 3.05) is 26.2 Å². The first kappa shape index (κ1) is 20.4. The maximum Gasteiger partial charge on any atom is 0.274 e. The normalized spacial score (nSPS) is 18.7. The molecule has 1 saturated heterocycles. The van der Waals surface area contributed by atoms with Gasteiger partial charge in [-0.2, -0.15) is 5.10 Å². The van der Waals surface area contributed by atoms with Gasteiger partial charge in [-0.15, -0.1) is 0 Å². The first-order valence-electron chi connectivity index (χ1n) is 10.7. The third-order valence-corrected chi connectivity index (χ3v) is 6.03. The molecule has 4 rings (SSSR count). The molecule has 156 valence electrons. The van der Waals surface area contributed by atoms with Gasteiger partial charge in [0, 0.05) is 49.4 Å². The molecule has 0 bridgehead atoms. The van der Waals surface area contributed by atoms with Crippen molar-refractivity contribution in [1.82, 2.24) is 19.6 Å². The molecular weight excluding hydrogens is 384 g/mol. The van der Waals surface area contributed by atoms with Crippen molar-refractivity contribution in [3.63, 3.8) is 0 Å². The summed E-state index contributed by atoms with van der Waals surface area (Å²) in [5.41, 5.74) is 2.98. The predicted octanol–water partition coefficient (Wildman–Crippen LogP) is 4.52. The standard InChI is InChI=1S/C23H31ClN4O/c1-23(2,3)28-21(18-7-8-18)15-20(25-28)22(29)27-12-4-11-26(13-14-27)16-17-5-9-19(24)10-6-17/h5-6,9-10,15,18H,4,7-8,11-14,16H2,1-3H3. The fourth-order valence-electron chi connectivity index (χ4n) is 4.05. The van der Waals surface area contributed by atoms with Crippen molar-refractivity contribution in [2.45, 2.75) is 58.0 Å². The molecule has 1 aliphatic carbocycles. The zero-order valence-electron chi connectivity index (χ0n) is 17.7. The lowest BCUT2D eigenvalue weighted by atomic mass is 10.1. The molecule has 0 atom stereocenters. The van der Waals surface area contributed by atoms with Crippen molar-refractivity contribution in [1.29, 1.82) is 0 Å². The van der Waals surface area contributed by atoms with Crippen LogP contribution in [0.3, 0.4) is 0 Å². The molecule has 5 nitrogen and oxygen atoms in total. The number of nitrogens with zero attached hydrogens (tertiary/aromatic N) is 4. The Morgan fingerprint density at radius 3 is 2.48 bits per heavy atom. The maximum atomic E-state index is 13.2. The van der Waals surface area contributed by atoms with Gasteiger partial charge in [0.1, 0.15) is 0 Å². The van der Waals surface area contributed by atoms with Gasteiger partial charge in [-0.3, -0.25) is 14.4 Å². The summed E-state index contributed by atoms with van der Waals surface area (Å²) in [5.74, 6) is 0.644. The molecule has 0 unspecified atom stereocenters. The largest absolute Gasteiger partial charge is 0.336 e. The lowest BCUT2D eigenvalue weighted by molar-refractivity contribution is 0.0753. The molecule has 2 fully saturated rings. The van der Waals surface area contributed by atoms with Crippen LogP contribution in [0.1, 0.15) is 67.7 Å². The van der Waals surface area contributed by atoms with Gasteiger partial charge in [-0.25, -0.2) is 0 Å². The highest BCUT2D eigenvalue weighted by molar-refractivity contribution is 6.30. The topological polar surface area (TPSA) is 41.4 Å². The first-order valence-corrected chi connectivity index (χ1v) is 11.1. The summed E-state index contributed by atoms with van der Waals surface area (Å²) in [6.07, 6.45) is 3.40. The molecule has 2 aliphatic rings. The summed E-state index contributed by atoms with van der Waals surface area (Å²) in [4.78, 5) is 17.6. The van der Waals surface area contributed by atoms with E-state index in [9.17, 15) is 4.79 Å². The van der Waals surface area contributed by atoms with Crippen LogP contribution in [-0.2, 0) is 12.1 Å². The number of hydrogen-bond donors (Lipinski definition) is 0. The summed E-state index contributed by atoms with van der Waals surface area (Å²) in [6, 6.07) is 10.1. The van der Waals surface area contributed by atoms with Gasteiger partial charge in [0.25, 0.3) is 5.91 Å². The average Bonchev–Trinajstić information content (AvgIpc) is 3.45. The fraction of sp³-hybridized carbons (Fsp3) is 0.565. The molecule has 0 spiro atoms. The number of amides is 1. The molecule has 2 heterocycles. The van der Waals surface area contributed by atoms with E-state index in [1.165, 1.54) is 24.1 Å². The predicted molar refractivity (Wildman–Crippen MR) is 116 cm³/mol. The molecule has 0 N–H and O–H groups in total. The first-order chi connectivity index (χ1) is 13.8. The highest BCUT2D eigenvalue weighted by atomic mass is 35.5. The van der Waals surface area contributed by atoms with Crippen LogP contribution < -0.4 is 0 Å². The van der Waals surface area contributed by atoms with E-state index in [1.807, 2.05) is 23.1 Å². The van der Waals surface area contributed by atoms with Crippen LogP contribution in [0.25, 0.3) is 0 Å². The molecule has 6 heteroatoms. The monoisotopic (exact) mass is 414 g/mol. The van der Waals surface area contributed by atoms with Crippen molar-refractivity contribution in [3.8, 4) is 0 Å². The van der Waals surface area contributed by atoms with Crippen molar-refractivity contribution in [3.05, 3.63) is 52.3 Å². The summed E-state index contributed by atoms with van der Waals surface area (Å²) < 4.78 is 2.07. The van der Waals surface area contributed by atoms with Crippen LogP contribution in [0.5, 0.6) is 0 Å². The zero-order valence-corrected chi connectivity index (χ0v) is 18.5. The van der Waals surface area contributed by atoms with E-state index < -0.39 is 0 Å². The molecule has 1 aliphatic heterocycles. The molecule has 0 radical (unpaired) electrons. The van der Waals surface area contributed by atoms with E-state index in [-0.39, 0.29) is 11.4 Å².